The molecule has 4 nitrogen and oxygen atoms in total. The quantitative estimate of drug-likeness (QED) is 0.784. The van der Waals surface area contributed by atoms with Crippen LogP contribution >= 0.6 is 0 Å². The second-order valence-electron chi connectivity index (χ2n) is 5.38. The van der Waals surface area contributed by atoms with Gasteiger partial charge < -0.3 is 10.0 Å². The van der Waals surface area contributed by atoms with E-state index in [2.05, 4.69) is 13.8 Å². The molecule has 114 valence electrons. The number of carbonyl (C=O) groups is 2. The molecule has 1 aromatic carbocycles. The fourth-order valence-electron chi connectivity index (χ4n) is 1.92. The lowest BCUT2D eigenvalue weighted by Gasteiger charge is -2.19. The van der Waals surface area contributed by atoms with E-state index in [0.717, 1.165) is 23.6 Å². The molecular weight excluding hydrogens is 266 g/mol. The lowest BCUT2D eigenvalue weighted by molar-refractivity contribution is -0.132. The van der Waals surface area contributed by atoms with E-state index in [9.17, 15) is 9.59 Å². The SMILES string of the molecule is CCC(C)CC(=O)N(C)Cc1cccc(/C=C/C(=O)O)c1. The van der Waals surface area contributed by atoms with E-state index in [1.165, 1.54) is 0 Å². The zero-order valence-electron chi connectivity index (χ0n) is 12.9. The van der Waals surface area contributed by atoms with Crippen LogP contribution in [-0.2, 0) is 16.1 Å². The second kappa shape index (κ2) is 8.25. The summed E-state index contributed by atoms with van der Waals surface area (Å²) in [7, 11) is 1.80. The number of carbonyl (C=O) groups excluding carboxylic acids is 1. The number of hydrogen-bond acceptors (Lipinski definition) is 2. The third-order valence-electron chi connectivity index (χ3n) is 3.43. The minimum absolute atomic E-state index is 0.135. The summed E-state index contributed by atoms with van der Waals surface area (Å²) in [4.78, 5) is 24.3. The summed E-state index contributed by atoms with van der Waals surface area (Å²) >= 11 is 0. The maximum absolute atomic E-state index is 12.1. The Morgan fingerprint density at radius 2 is 2.10 bits per heavy atom. The van der Waals surface area contributed by atoms with Gasteiger partial charge in [0, 0.05) is 26.1 Å². The summed E-state index contributed by atoms with van der Waals surface area (Å²) in [5.74, 6) is -0.443. The fourth-order valence-corrected chi connectivity index (χ4v) is 1.92. The van der Waals surface area contributed by atoms with Crippen molar-refractivity contribution in [2.45, 2.75) is 33.2 Å². The molecule has 0 aromatic heterocycles. The van der Waals surface area contributed by atoms with Crippen LogP contribution in [0.5, 0.6) is 0 Å². The van der Waals surface area contributed by atoms with Crippen LogP contribution in [0, 0.1) is 5.92 Å². The number of nitrogens with zero attached hydrogens (tertiary/aromatic N) is 1. The molecule has 0 fully saturated rings. The van der Waals surface area contributed by atoms with Gasteiger partial charge >= 0.3 is 5.97 Å². The van der Waals surface area contributed by atoms with E-state index in [0.29, 0.717) is 18.9 Å². The average molecular weight is 289 g/mol. The average Bonchev–Trinajstić information content (AvgIpc) is 2.45. The number of amides is 1. The molecule has 1 amide bonds. The highest BCUT2D eigenvalue weighted by atomic mass is 16.4. The zero-order chi connectivity index (χ0) is 15.8. The maximum Gasteiger partial charge on any atom is 0.328 e. The van der Waals surface area contributed by atoms with Crippen molar-refractivity contribution in [3.05, 3.63) is 41.5 Å². The number of rotatable bonds is 7. The molecule has 4 heteroatoms. The number of carboxylic acid groups (broad SMARTS) is 1. The van der Waals surface area contributed by atoms with Gasteiger partial charge in [-0.1, -0.05) is 38.5 Å². The molecule has 0 spiro atoms. The van der Waals surface area contributed by atoms with Crippen LogP contribution in [0.25, 0.3) is 6.08 Å². The van der Waals surface area contributed by atoms with Crippen molar-refractivity contribution in [3.63, 3.8) is 0 Å². The van der Waals surface area contributed by atoms with Gasteiger partial charge in [0.25, 0.3) is 0 Å². The van der Waals surface area contributed by atoms with Crippen LogP contribution in [-0.4, -0.2) is 28.9 Å². The van der Waals surface area contributed by atoms with Gasteiger partial charge in [-0.2, -0.15) is 0 Å². The second-order valence-corrected chi connectivity index (χ2v) is 5.38. The van der Waals surface area contributed by atoms with Crippen LogP contribution in [0.2, 0.25) is 0 Å². The number of carboxylic acids is 1. The van der Waals surface area contributed by atoms with E-state index in [4.69, 9.17) is 5.11 Å². The van der Waals surface area contributed by atoms with Gasteiger partial charge in [-0.3, -0.25) is 4.79 Å². The largest absolute Gasteiger partial charge is 0.478 e. The third-order valence-corrected chi connectivity index (χ3v) is 3.43. The fraction of sp³-hybridized carbons (Fsp3) is 0.412. The highest BCUT2D eigenvalue weighted by molar-refractivity contribution is 5.85. The van der Waals surface area contributed by atoms with E-state index in [-0.39, 0.29) is 5.91 Å². The van der Waals surface area contributed by atoms with Crippen molar-refractivity contribution < 1.29 is 14.7 Å². The molecular formula is C17H23NO3. The maximum atomic E-state index is 12.1. The molecule has 0 bridgehead atoms. The molecule has 1 rings (SSSR count). The van der Waals surface area contributed by atoms with Gasteiger partial charge in [-0.05, 0) is 29.2 Å². The Kier molecular flexibility index (Phi) is 6.66. The number of aliphatic carboxylic acids is 1. The normalized spacial score (nSPS) is 12.3. The lowest BCUT2D eigenvalue weighted by atomic mass is 10.0. The minimum Gasteiger partial charge on any atom is -0.478 e. The van der Waals surface area contributed by atoms with Crippen molar-refractivity contribution >= 4 is 18.0 Å². The first-order valence-electron chi connectivity index (χ1n) is 7.16. The van der Waals surface area contributed by atoms with Gasteiger partial charge in [-0.15, -0.1) is 0 Å². The first kappa shape index (κ1) is 17.0. The Morgan fingerprint density at radius 3 is 2.71 bits per heavy atom. The van der Waals surface area contributed by atoms with Gasteiger partial charge in [0.05, 0.1) is 0 Å². The van der Waals surface area contributed by atoms with Crippen molar-refractivity contribution in [2.24, 2.45) is 5.92 Å². The van der Waals surface area contributed by atoms with Gasteiger partial charge in [0.15, 0.2) is 0 Å². The summed E-state index contributed by atoms with van der Waals surface area (Å²) in [5, 5.41) is 8.63. The van der Waals surface area contributed by atoms with Crippen molar-refractivity contribution in [1.29, 1.82) is 0 Å². The highest BCUT2D eigenvalue weighted by Gasteiger charge is 2.12. The third kappa shape index (κ3) is 6.25. The molecule has 1 atom stereocenters. The van der Waals surface area contributed by atoms with E-state index < -0.39 is 5.97 Å². The standard InChI is InChI=1S/C17H23NO3/c1-4-13(2)10-16(19)18(3)12-15-7-5-6-14(11-15)8-9-17(20)21/h5-9,11,13H,4,10,12H2,1-3H3,(H,20,21)/b9-8+. The van der Waals surface area contributed by atoms with Crippen LogP contribution in [0.1, 0.15) is 37.8 Å². The summed E-state index contributed by atoms with van der Waals surface area (Å²) < 4.78 is 0. The molecule has 1 aromatic rings. The molecule has 1 unspecified atom stereocenters. The Bertz CT molecular complexity index is 523. The Balaban J connectivity index is 2.68. The summed E-state index contributed by atoms with van der Waals surface area (Å²) in [6.07, 6.45) is 4.21. The molecule has 0 aliphatic rings. The first-order chi connectivity index (χ1) is 9.92. The monoisotopic (exact) mass is 289 g/mol. The molecule has 0 saturated carbocycles. The van der Waals surface area contributed by atoms with Crippen molar-refractivity contribution in [2.75, 3.05) is 7.05 Å². The van der Waals surface area contributed by atoms with Crippen molar-refractivity contribution in [1.82, 2.24) is 4.90 Å². The van der Waals surface area contributed by atoms with E-state index >= 15 is 0 Å². The lowest BCUT2D eigenvalue weighted by Crippen LogP contribution is -2.27. The Hall–Kier alpha value is -2.10. The highest BCUT2D eigenvalue weighted by Crippen LogP contribution is 2.12. The van der Waals surface area contributed by atoms with Crippen LogP contribution in [0.4, 0.5) is 0 Å². The van der Waals surface area contributed by atoms with Gasteiger partial charge in [0.2, 0.25) is 5.91 Å². The first-order valence-corrected chi connectivity index (χ1v) is 7.16. The Labute approximate surface area is 126 Å². The predicted molar refractivity (Wildman–Crippen MR) is 83.7 cm³/mol. The summed E-state index contributed by atoms with van der Waals surface area (Å²) in [6.45, 7) is 4.68. The van der Waals surface area contributed by atoms with E-state index in [1.807, 2.05) is 24.3 Å². The topological polar surface area (TPSA) is 57.6 Å². The smallest absolute Gasteiger partial charge is 0.328 e. The molecule has 0 aliphatic heterocycles. The van der Waals surface area contributed by atoms with Crippen LogP contribution in [0.3, 0.4) is 0 Å². The molecule has 0 radical (unpaired) electrons. The van der Waals surface area contributed by atoms with E-state index in [1.54, 1.807) is 18.0 Å². The summed E-state index contributed by atoms with van der Waals surface area (Å²) in [5.41, 5.74) is 1.81. The summed E-state index contributed by atoms with van der Waals surface area (Å²) in [6, 6.07) is 7.53. The molecule has 0 heterocycles. The molecule has 0 aliphatic carbocycles. The molecule has 1 N–H and O–H groups in total. The van der Waals surface area contributed by atoms with Crippen LogP contribution in [0.15, 0.2) is 30.3 Å². The number of hydrogen-bond donors (Lipinski definition) is 1. The Morgan fingerprint density at radius 1 is 1.38 bits per heavy atom. The van der Waals surface area contributed by atoms with Gasteiger partial charge in [0.1, 0.15) is 0 Å². The molecule has 0 saturated heterocycles. The number of benzene rings is 1. The van der Waals surface area contributed by atoms with Gasteiger partial charge in [-0.25, -0.2) is 4.79 Å². The zero-order valence-corrected chi connectivity index (χ0v) is 12.9. The molecule has 21 heavy (non-hydrogen) atoms. The van der Waals surface area contributed by atoms with Crippen LogP contribution < -0.4 is 0 Å². The minimum atomic E-state index is -0.971. The predicted octanol–water partition coefficient (Wildman–Crippen LogP) is 3.18. The van der Waals surface area contributed by atoms with Crippen molar-refractivity contribution in [3.8, 4) is 0 Å².